The predicted octanol–water partition coefficient (Wildman–Crippen LogP) is 5.48. The summed E-state index contributed by atoms with van der Waals surface area (Å²) in [6, 6.07) is 14.8. The molecule has 1 saturated carbocycles. The Morgan fingerprint density at radius 3 is 2.51 bits per heavy atom. The van der Waals surface area contributed by atoms with E-state index in [0.29, 0.717) is 12.2 Å². The van der Waals surface area contributed by atoms with Gasteiger partial charge in [0, 0.05) is 23.2 Å². The minimum Gasteiger partial charge on any atom is -0.481 e. The first kappa shape index (κ1) is 24.6. The molecule has 8 heteroatoms. The number of anilines is 1. The number of aryl methyl sites for hydroxylation is 3. The number of carboxylic acids is 1. The van der Waals surface area contributed by atoms with E-state index in [-0.39, 0.29) is 17.9 Å². The molecular formula is C29H32N6O2. The molecular weight excluding hydrogens is 464 g/mol. The van der Waals surface area contributed by atoms with Crippen LogP contribution in [-0.4, -0.2) is 36.3 Å². The average molecular weight is 497 g/mol. The molecule has 1 aliphatic carbocycles. The van der Waals surface area contributed by atoms with Gasteiger partial charge in [0.2, 0.25) is 5.82 Å². The fraction of sp³-hybridized carbons (Fsp3) is 0.345. The molecule has 190 valence electrons. The predicted molar refractivity (Wildman–Crippen MR) is 143 cm³/mol. The van der Waals surface area contributed by atoms with Crippen LogP contribution in [0.15, 0.2) is 48.7 Å². The third kappa shape index (κ3) is 4.83. The van der Waals surface area contributed by atoms with E-state index in [0.717, 1.165) is 23.4 Å². The largest absolute Gasteiger partial charge is 0.481 e. The third-order valence-corrected chi connectivity index (χ3v) is 7.26. The molecule has 0 bridgehead atoms. The van der Waals surface area contributed by atoms with Gasteiger partial charge in [0.1, 0.15) is 0 Å². The topological polar surface area (TPSA) is 106 Å². The second-order valence-electron chi connectivity index (χ2n) is 9.94. The molecule has 2 N–H and O–H groups in total. The number of aromatic nitrogens is 5. The highest BCUT2D eigenvalue weighted by atomic mass is 16.4. The van der Waals surface area contributed by atoms with Gasteiger partial charge < -0.3 is 10.4 Å². The van der Waals surface area contributed by atoms with Crippen LogP contribution < -0.4 is 5.32 Å². The minimum atomic E-state index is -0.736. The molecule has 0 saturated heterocycles. The summed E-state index contributed by atoms with van der Waals surface area (Å²) in [6.45, 7) is 8.63. The van der Waals surface area contributed by atoms with Gasteiger partial charge in [-0.2, -0.15) is 4.80 Å². The zero-order valence-corrected chi connectivity index (χ0v) is 21.9. The van der Waals surface area contributed by atoms with Crippen molar-refractivity contribution in [3.8, 4) is 22.5 Å². The van der Waals surface area contributed by atoms with E-state index < -0.39 is 5.97 Å². The molecule has 0 radical (unpaired) electrons. The smallest absolute Gasteiger partial charge is 0.307 e. The van der Waals surface area contributed by atoms with Crippen molar-refractivity contribution in [1.29, 1.82) is 0 Å². The monoisotopic (exact) mass is 496 g/mol. The number of carbonyl (C=O) groups is 1. The Hall–Kier alpha value is -4.07. The SMILES string of the molecule is CCc1c(-c2c(C)cc(-c3nnn(C)n3)cc2C)cccc1[C@@H](C)Nc1ccc([C@H]2C[C@@H]2C(=O)O)nc1. The number of hydrogen-bond acceptors (Lipinski definition) is 6. The number of rotatable bonds is 8. The lowest BCUT2D eigenvalue weighted by Gasteiger charge is -2.23. The normalized spacial score (nSPS) is 17.4. The van der Waals surface area contributed by atoms with Gasteiger partial charge in [-0.3, -0.25) is 9.78 Å². The van der Waals surface area contributed by atoms with E-state index in [1.807, 2.05) is 18.3 Å². The van der Waals surface area contributed by atoms with Crippen LogP contribution in [0.1, 0.15) is 60.2 Å². The first-order valence-corrected chi connectivity index (χ1v) is 12.7. The first-order chi connectivity index (χ1) is 17.8. The molecule has 8 nitrogen and oxygen atoms in total. The molecule has 0 aliphatic heterocycles. The number of hydrogen-bond donors (Lipinski definition) is 2. The molecule has 2 heterocycles. The molecule has 4 aromatic rings. The van der Waals surface area contributed by atoms with E-state index in [4.69, 9.17) is 0 Å². The highest BCUT2D eigenvalue weighted by Gasteiger charge is 2.45. The van der Waals surface area contributed by atoms with Crippen LogP contribution in [-0.2, 0) is 18.3 Å². The van der Waals surface area contributed by atoms with Gasteiger partial charge in [0.15, 0.2) is 0 Å². The van der Waals surface area contributed by atoms with E-state index in [9.17, 15) is 9.90 Å². The maximum atomic E-state index is 11.2. The number of pyridine rings is 1. The summed E-state index contributed by atoms with van der Waals surface area (Å²) in [7, 11) is 1.77. The van der Waals surface area contributed by atoms with Gasteiger partial charge in [-0.05, 0) is 96.5 Å². The second kappa shape index (κ2) is 9.76. The van der Waals surface area contributed by atoms with Gasteiger partial charge in [-0.1, -0.05) is 25.1 Å². The molecule has 0 amide bonds. The van der Waals surface area contributed by atoms with Crippen LogP contribution in [0.25, 0.3) is 22.5 Å². The van der Waals surface area contributed by atoms with Gasteiger partial charge in [0.05, 0.1) is 24.8 Å². The van der Waals surface area contributed by atoms with Crippen molar-refractivity contribution < 1.29 is 9.90 Å². The Labute approximate surface area is 216 Å². The standard InChI is InChI=1S/C29H32N6O2/c1-6-21-22(18(4)31-20-10-11-26(30-15-20)24-14-25(24)29(36)37)8-7-9-23(21)27-16(2)12-19(13-17(27)3)28-32-34-35(5)33-28/h7-13,15,18,24-25,31H,6,14H2,1-5H3,(H,36,37)/t18-,24+,25+/m1/s1. The second-order valence-corrected chi connectivity index (χ2v) is 9.94. The molecule has 37 heavy (non-hydrogen) atoms. The van der Waals surface area contributed by atoms with Crippen molar-refractivity contribution in [1.82, 2.24) is 25.2 Å². The summed E-state index contributed by atoms with van der Waals surface area (Å²) in [5.41, 5.74) is 10.1. The maximum Gasteiger partial charge on any atom is 0.307 e. The summed E-state index contributed by atoms with van der Waals surface area (Å²) in [5, 5.41) is 25.3. The van der Waals surface area contributed by atoms with Crippen LogP contribution in [0.2, 0.25) is 0 Å². The number of nitrogens with zero attached hydrogens (tertiary/aromatic N) is 5. The lowest BCUT2D eigenvalue weighted by atomic mass is 9.86. The molecule has 3 atom stereocenters. The Bertz CT molecular complexity index is 1440. The molecule has 2 aromatic heterocycles. The molecule has 1 aliphatic rings. The first-order valence-electron chi connectivity index (χ1n) is 12.7. The quantitative estimate of drug-likeness (QED) is 0.333. The summed E-state index contributed by atoms with van der Waals surface area (Å²) in [6.07, 6.45) is 3.39. The van der Waals surface area contributed by atoms with Crippen molar-refractivity contribution in [2.45, 2.75) is 52.5 Å². The Morgan fingerprint density at radius 2 is 1.95 bits per heavy atom. The molecule has 1 fully saturated rings. The van der Waals surface area contributed by atoms with E-state index in [1.165, 1.54) is 38.2 Å². The molecule has 2 aromatic carbocycles. The minimum absolute atomic E-state index is 0.0370. The highest BCUT2D eigenvalue weighted by Crippen LogP contribution is 2.46. The molecule has 5 rings (SSSR count). The van der Waals surface area contributed by atoms with Gasteiger partial charge in [-0.15, -0.1) is 10.2 Å². The summed E-state index contributed by atoms with van der Waals surface area (Å²) in [4.78, 5) is 17.2. The van der Waals surface area contributed by atoms with Gasteiger partial charge >= 0.3 is 5.97 Å². The van der Waals surface area contributed by atoms with Crippen molar-refractivity contribution >= 4 is 11.7 Å². The van der Waals surface area contributed by atoms with Gasteiger partial charge in [-0.25, -0.2) is 0 Å². The Morgan fingerprint density at radius 1 is 1.19 bits per heavy atom. The summed E-state index contributed by atoms with van der Waals surface area (Å²) >= 11 is 0. The number of tetrazole rings is 1. The van der Waals surface area contributed by atoms with Crippen LogP contribution in [0.5, 0.6) is 0 Å². The Balaban J connectivity index is 1.41. The van der Waals surface area contributed by atoms with Crippen molar-refractivity contribution in [3.63, 3.8) is 0 Å². The molecule has 0 spiro atoms. The fourth-order valence-corrected chi connectivity index (χ4v) is 5.39. The molecule has 0 unspecified atom stereocenters. The maximum absolute atomic E-state index is 11.2. The third-order valence-electron chi connectivity index (χ3n) is 7.26. The summed E-state index contributed by atoms with van der Waals surface area (Å²) in [5.74, 6) is -0.365. The Kier molecular flexibility index (Phi) is 6.50. The van der Waals surface area contributed by atoms with Crippen molar-refractivity contribution in [2.75, 3.05) is 5.32 Å². The zero-order valence-electron chi connectivity index (χ0n) is 21.9. The van der Waals surface area contributed by atoms with E-state index in [1.54, 1.807) is 7.05 Å². The fourth-order valence-electron chi connectivity index (χ4n) is 5.39. The van der Waals surface area contributed by atoms with Crippen LogP contribution in [0.3, 0.4) is 0 Å². The highest BCUT2D eigenvalue weighted by molar-refractivity contribution is 5.78. The number of benzene rings is 2. The summed E-state index contributed by atoms with van der Waals surface area (Å²) < 4.78 is 0. The van der Waals surface area contributed by atoms with E-state index in [2.05, 4.69) is 83.7 Å². The van der Waals surface area contributed by atoms with Crippen molar-refractivity contribution in [2.24, 2.45) is 13.0 Å². The lowest BCUT2D eigenvalue weighted by Crippen LogP contribution is -2.11. The van der Waals surface area contributed by atoms with Crippen LogP contribution in [0.4, 0.5) is 5.69 Å². The van der Waals surface area contributed by atoms with Crippen LogP contribution >= 0.6 is 0 Å². The average Bonchev–Trinajstić information content (AvgIpc) is 3.57. The number of nitrogens with one attached hydrogen (secondary N) is 1. The number of aliphatic carboxylic acids is 1. The van der Waals surface area contributed by atoms with E-state index >= 15 is 0 Å². The van der Waals surface area contributed by atoms with Crippen molar-refractivity contribution in [3.05, 3.63) is 76.6 Å². The van der Waals surface area contributed by atoms with Crippen LogP contribution in [0, 0.1) is 19.8 Å². The zero-order chi connectivity index (χ0) is 26.3. The lowest BCUT2D eigenvalue weighted by molar-refractivity contribution is -0.138. The van der Waals surface area contributed by atoms with Gasteiger partial charge in [0.25, 0.3) is 0 Å². The number of carboxylic acid groups (broad SMARTS) is 1.